The Kier molecular flexibility index (Phi) is 6.09. The van der Waals surface area contributed by atoms with Crippen molar-refractivity contribution >= 4 is 17.6 Å². The van der Waals surface area contributed by atoms with Gasteiger partial charge in [-0.15, -0.1) is 0 Å². The number of hydrogen-bond acceptors (Lipinski definition) is 3. The van der Waals surface area contributed by atoms with Crippen LogP contribution in [-0.4, -0.2) is 31.1 Å². The van der Waals surface area contributed by atoms with Crippen molar-refractivity contribution in [2.45, 2.75) is 19.9 Å². The molecule has 0 heterocycles. The number of carbonyl (C=O) groups is 1. The highest BCUT2D eigenvalue weighted by molar-refractivity contribution is 6.31. The van der Waals surface area contributed by atoms with Crippen LogP contribution in [0.25, 0.3) is 0 Å². The summed E-state index contributed by atoms with van der Waals surface area (Å²) in [5.41, 5.74) is 0.725. The van der Waals surface area contributed by atoms with Gasteiger partial charge in [-0.25, -0.2) is 4.39 Å². The Labute approximate surface area is 111 Å². The van der Waals surface area contributed by atoms with Crippen LogP contribution in [0.4, 0.5) is 4.39 Å². The highest BCUT2D eigenvalue weighted by Crippen LogP contribution is 2.21. The zero-order valence-electron chi connectivity index (χ0n) is 10.6. The molecule has 0 aromatic heterocycles. The highest BCUT2D eigenvalue weighted by atomic mass is 35.5. The summed E-state index contributed by atoms with van der Waals surface area (Å²) in [4.78, 5) is 13.1. The lowest BCUT2D eigenvalue weighted by Crippen LogP contribution is -2.26. The van der Waals surface area contributed by atoms with Crippen molar-refractivity contribution in [2.24, 2.45) is 0 Å². The van der Waals surface area contributed by atoms with E-state index in [1.165, 1.54) is 13.2 Å². The molecular weight excluding hydrogens is 257 g/mol. The molecule has 0 amide bonds. The number of esters is 1. The van der Waals surface area contributed by atoms with E-state index in [1.54, 1.807) is 12.1 Å². The maximum absolute atomic E-state index is 13.3. The number of hydrogen-bond donors (Lipinski definition) is 0. The second kappa shape index (κ2) is 7.34. The highest BCUT2D eigenvalue weighted by Gasteiger charge is 2.11. The van der Waals surface area contributed by atoms with Gasteiger partial charge in [0.15, 0.2) is 0 Å². The van der Waals surface area contributed by atoms with Crippen molar-refractivity contribution in [1.29, 1.82) is 0 Å². The first-order valence-corrected chi connectivity index (χ1v) is 6.18. The van der Waals surface area contributed by atoms with Gasteiger partial charge in [-0.2, -0.15) is 0 Å². The van der Waals surface area contributed by atoms with Crippen LogP contribution in [0, 0.1) is 5.82 Å². The molecule has 1 aromatic carbocycles. The van der Waals surface area contributed by atoms with E-state index in [-0.39, 0.29) is 11.0 Å². The number of methoxy groups -OCH3 is 1. The fourth-order valence-electron chi connectivity index (χ4n) is 1.61. The molecule has 0 saturated carbocycles. The van der Waals surface area contributed by atoms with Crippen LogP contribution in [0.1, 0.15) is 18.9 Å². The van der Waals surface area contributed by atoms with Gasteiger partial charge < -0.3 is 4.74 Å². The molecule has 0 bridgehead atoms. The molecule has 0 aliphatic heterocycles. The maximum Gasteiger partial charge on any atom is 0.306 e. The first kappa shape index (κ1) is 14.9. The number of ether oxygens (including phenoxy) is 1. The molecule has 0 radical (unpaired) electrons. The molecule has 0 atom stereocenters. The molecule has 1 aromatic rings. The Morgan fingerprint density at radius 2 is 2.22 bits per heavy atom. The molecule has 1 rings (SSSR count). The Bertz CT molecular complexity index is 412. The number of benzene rings is 1. The summed E-state index contributed by atoms with van der Waals surface area (Å²) in [6.07, 6.45) is 0.317. The molecule has 5 heteroatoms. The summed E-state index contributed by atoms with van der Waals surface area (Å²) in [5.74, 6) is -0.669. The molecule has 0 spiro atoms. The zero-order chi connectivity index (χ0) is 13.5. The van der Waals surface area contributed by atoms with Crippen LogP contribution in [0.2, 0.25) is 5.02 Å². The van der Waals surface area contributed by atoms with Crippen molar-refractivity contribution in [3.05, 3.63) is 34.6 Å². The van der Waals surface area contributed by atoms with Crippen LogP contribution >= 0.6 is 11.6 Å². The fourth-order valence-corrected chi connectivity index (χ4v) is 1.80. The predicted octanol–water partition coefficient (Wildman–Crippen LogP) is 2.86. The minimum atomic E-state index is -0.418. The summed E-state index contributed by atoms with van der Waals surface area (Å²) < 4.78 is 17.9. The van der Waals surface area contributed by atoms with Gasteiger partial charge in [0.1, 0.15) is 5.82 Å². The van der Waals surface area contributed by atoms with E-state index in [0.717, 1.165) is 12.1 Å². The van der Waals surface area contributed by atoms with Gasteiger partial charge in [0.25, 0.3) is 0 Å². The molecule has 100 valence electrons. The smallest absolute Gasteiger partial charge is 0.306 e. The van der Waals surface area contributed by atoms with Gasteiger partial charge in [-0.1, -0.05) is 30.7 Å². The van der Waals surface area contributed by atoms with Crippen molar-refractivity contribution in [2.75, 3.05) is 20.2 Å². The SMILES string of the molecule is CCN(CCC(=O)OC)Cc1cccc(F)c1Cl. The lowest BCUT2D eigenvalue weighted by molar-refractivity contribution is -0.141. The summed E-state index contributed by atoms with van der Waals surface area (Å²) in [5, 5.41) is 0.147. The molecule has 0 fully saturated rings. The third-order valence-electron chi connectivity index (χ3n) is 2.73. The van der Waals surface area contributed by atoms with E-state index < -0.39 is 5.82 Å². The molecule has 0 unspecified atom stereocenters. The number of carbonyl (C=O) groups excluding carboxylic acids is 1. The van der Waals surface area contributed by atoms with E-state index in [0.29, 0.717) is 19.5 Å². The number of nitrogens with zero attached hydrogens (tertiary/aromatic N) is 1. The molecule has 0 N–H and O–H groups in total. The third-order valence-corrected chi connectivity index (χ3v) is 3.16. The largest absolute Gasteiger partial charge is 0.469 e. The topological polar surface area (TPSA) is 29.5 Å². The van der Waals surface area contributed by atoms with Crippen molar-refractivity contribution in [3.8, 4) is 0 Å². The first-order valence-electron chi connectivity index (χ1n) is 5.80. The molecule has 0 aliphatic carbocycles. The van der Waals surface area contributed by atoms with E-state index >= 15 is 0 Å². The van der Waals surface area contributed by atoms with Crippen LogP contribution in [-0.2, 0) is 16.1 Å². The molecule has 0 saturated heterocycles. The molecular formula is C13H17ClFNO2. The van der Waals surface area contributed by atoms with Crippen LogP contribution in [0.3, 0.4) is 0 Å². The Morgan fingerprint density at radius 3 is 2.83 bits per heavy atom. The monoisotopic (exact) mass is 273 g/mol. The van der Waals surface area contributed by atoms with Crippen molar-refractivity contribution < 1.29 is 13.9 Å². The van der Waals surface area contributed by atoms with Gasteiger partial charge in [-0.3, -0.25) is 9.69 Å². The third kappa shape index (κ3) is 4.27. The van der Waals surface area contributed by atoms with E-state index in [4.69, 9.17) is 11.6 Å². The van der Waals surface area contributed by atoms with Gasteiger partial charge in [-0.05, 0) is 18.2 Å². The lowest BCUT2D eigenvalue weighted by atomic mass is 10.2. The quantitative estimate of drug-likeness (QED) is 0.747. The standard InChI is InChI=1S/C13H17ClFNO2/c1-3-16(8-7-12(17)18-2)9-10-5-4-6-11(15)13(10)14/h4-6H,3,7-9H2,1-2H3. The maximum atomic E-state index is 13.3. The van der Waals surface area contributed by atoms with Crippen molar-refractivity contribution in [1.82, 2.24) is 4.90 Å². The van der Waals surface area contributed by atoms with Gasteiger partial charge in [0, 0.05) is 13.1 Å². The Balaban J connectivity index is 2.62. The van der Waals surface area contributed by atoms with Crippen LogP contribution < -0.4 is 0 Å². The number of rotatable bonds is 6. The minimum Gasteiger partial charge on any atom is -0.469 e. The van der Waals surface area contributed by atoms with Crippen LogP contribution in [0.15, 0.2) is 18.2 Å². The second-order valence-electron chi connectivity index (χ2n) is 3.91. The second-order valence-corrected chi connectivity index (χ2v) is 4.29. The molecule has 18 heavy (non-hydrogen) atoms. The number of halogens is 2. The fraction of sp³-hybridized carbons (Fsp3) is 0.462. The van der Waals surface area contributed by atoms with Crippen molar-refractivity contribution in [3.63, 3.8) is 0 Å². The zero-order valence-corrected chi connectivity index (χ0v) is 11.3. The van der Waals surface area contributed by atoms with Gasteiger partial charge in [0.2, 0.25) is 0 Å². The molecule has 0 aliphatic rings. The lowest BCUT2D eigenvalue weighted by Gasteiger charge is -2.20. The summed E-state index contributed by atoms with van der Waals surface area (Å²) >= 11 is 5.89. The summed E-state index contributed by atoms with van der Waals surface area (Å²) in [7, 11) is 1.36. The molecule has 3 nitrogen and oxygen atoms in total. The van der Waals surface area contributed by atoms with Gasteiger partial charge in [0.05, 0.1) is 18.6 Å². The Morgan fingerprint density at radius 1 is 1.50 bits per heavy atom. The van der Waals surface area contributed by atoms with E-state index in [9.17, 15) is 9.18 Å². The average Bonchev–Trinajstić information content (AvgIpc) is 2.38. The normalized spacial score (nSPS) is 10.7. The summed E-state index contributed by atoms with van der Waals surface area (Å²) in [6.45, 7) is 3.81. The predicted molar refractivity (Wildman–Crippen MR) is 69.0 cm³/mol. The Hall–Kier alpha value is -1.13. The first-order chi connectivity index (χ1) is 8.58. The van der Waals surface area contributed by atoms with E-state index in [1.807, 2.05) is 11.8 Å². The summed E-state index contributed by atoms with van der Waals surface area (Å²) in [6, 6.07) is 4.74. The van der Waals surface area contributed by atoms with Crippen LogP contribution in [0.5, 0.6) is 0 Å². The minimum absolute atomic E-state index is 0.147. The van der Waals surface area contributed by atoms with E-state index in [2.05, 4.69) is 4.74 Å². The average molecular weight is 274 g/mol. The van der Waals surface area contributed by atoms with Gasteiger partial charge >= 0.3 is 5.97 Å².